The maximum Gasteiger partial charge on any atom is 0.303 e. The highest BCUT2D eigenvalue weighted by Crippen LogP contribution is 2.33. The van der Waals surface area contributed by atoms with Gasteiger partial charge in [-0.2, -0.15) is 5.10 Å². The number of nitrogens with zero attached hydrogens (tertiary/aromatic N) is 2. The maximum absolute atomic E-state index is 12.7. The Bertz CT molecular complexity index is 828. The van der Waals surface area contributed by atoms with Crippen LogP contribution in [0.25, 0.3) is 0 Å². The molecule has 5 nitrogen and oxygen atoms in total. The SMILES string of the molecule is CCc1ccc(C2CC(c3ccccc3)=NN2C(=O)CCCC(=O)O)cc1. The van der Waals surface area contributed by atoms with E-state index >= 15 is 0 Å². The Kier molecular flexibility index (Phi) is 6.01. The number of aliphatic carboxylic acids is 1. The van der Waals surface area contributed by atoms with E-state index in [0.717, 1.165) is 23.3 Å². The predicted molar refractivity (Wildman–Crippen MR) is 104 cm³/mol. The van der Waals surface area contributed by atoms with Crippen molar-refractivity contribution in [2.45, 2.75) is 45.1 Å². The first kappa shape index (κ1) is 18.8. The minimum atomic E-state index is -0.885. The molecule has 1 aliphatic heterocycles. The van der Waals surface area contributed by atoms with Crippen molar-refractivity contribution in [1.29, 1.82) is 0 Å². The monoisotopic (exact) mass is 364 g/mol. The summed E-state index contributed by atoms with van der Waals surface area (Å²) in [6.45, 7) is 2.11. The lowest BCUT2D eigenvalue weighted by Crippen LogP contribution is -2.27. The molecule has 1 atom stereocenters. The fourth-order valence-corrected chi connectivity index (χ4v) is 3.29. The number of hydrazone groups is 1. The van der Waals surface area contributed by atoms with Crippen molar-refractivity contribution in [3.05, 3.63) is 71.3 Å². The molecule has 1 heterocycles. The van der Waals surface area contributed by atoms with E-state index in [1.54, 1.807) is 5.01 Å². The van der Waals surface area contributed by atoms with Gasteiger partial charge in [0.2, 0.25) is 5.91 Å². The van der Waals surface area contributed by atoms with Gasteiger partial charge in [0.25, 0.3) is 0 Å². The van der Waals surface area contributed by atoms with Crippen LogP contribution in [-0.4, -0.2) is 27.7 Å². The quantitative estimate of drug-likeness (QED) is 0.801. The fourth-order valence-electron chi connectivity index (χ4n) is 3.29. The maximum atomic E-state index is 12.7. The van der Waals surface area contributed by atoms with Crippen LogP contribution in [0.1, 0.15) is 55.3 Å². The van der Waals surface area contributed by atoms with Crippen molar-refractivity contribution >= 4 is 17.6 Å². The van der Waals surface area contributed by atoms with Crippen LogP contribution in [-0.2, 0) is 16.0 Å². The number of carbonyl (C=O) groups is 2. The number of aryl methyl sites for hydroxylation is 1. The Morgan fingerprint density at radius 1 is 1.07 bits per heavy atom. The van der Waals surface area contributed by atoms with Gasteiger partial charge in [-0.1, -0.05) is 61.5 Å². The molecule has 0 radical (unpaired) electrons. The normalized spacial score (nSPS) is 16.3. The van der Waals surface area contributed by atoms with Crippen LogP contribution in [0.5, 0.6) is 0 Å². The lowest BCUT2D eigenvalue weighted by molar-refractivity contribution is -0.137. The largest absolute Gasteiger partial charge is 0.481 e. The molecule has 140 valence electrons. The molecule has 0 bridgehead atoms. The average Bonchev–Trinajstić information content (AvgIpc) is 3.14. The van der Waals surface area contributed by atoms with E-state index in [-0.39, 0.29) is 24.8 Å². The second-order valence-corrected chi connectivity index (χ2v) is 6.71. The van der Waals surface area contributed by atoms with Gasteiger partial charge in [0.05, 0.1) is 11.8 Å². The van der Waals surface area contributed by atoms with Crippen molar-refractivity contribution in [1.82, 2.24) is 5.01 Å². The third kappa shape index (κ3) is 4.61. The van der Waals surface area contributed by atoms with Crippen LogP contribution >= 0.6 is 0 Å². The summed E-state index contributed by atoms with van der Waals surface area (Å²) in [5.41, 5.74) is 4.19. The number of carboxylic acids is 1. The third-order valence-electron chi connectivity index (χ3n) is 4.83. The van der Waals surface area contributed by atoms with Crippen molar-refractivity contribution < 1.29 is 14.7 Å². The summed E-state index contributed by atoms with van der Waals surface area (Å²) >= 11 is 0. The minimum absolute atomic E-state index is 0.00923. The second-order valence-electron chi connectivity index (χ2n) is 6.71. The zero-order valence-corrected chi connectivity index (χ0v) is 15.5. The molecule has 0 saturated heterocycles. The highest BCUT2D eigenvalue weighted by Gasteiger charge is 2.32. The van der Waals surface area contributed by atoms with Gasteiger partial charge in [-0.3, -0.25) is 9.59 Å². The van der Waals surface area contributed by atoms with Crippen LogP contribution in [0.2, 0.25) is 0 Å². The summed E-state index contributed by atoms with van der Waals surface area (Å²) in [6, 6.07) is 18.0. The first-order valence-corrected chi connectivity index (χ1v) is 9.34. The summed E-state index contributed by atoms with van der Waals surface area (Å²) in [4.78, 5) is 23.5. The molecule has 3 rings (SSSR count). The number of hydrogen-bond acceptors (Lipinski definition) is 3. The Balaban J connectivity index is 1.83. The topological polar surface area (TPSA) is 70.0 Å². The number of amides is 1. The van der Waals surface area contributed by atoms with Crippen LogP contribution in [0, 0.1) is 0 Å². The zero-order valence-electron chi connectivity index (χ0n) is 15.5. The highest BCUT2D eigenvalue weighted by atomic mass is 16.4. The van der Waals surface area contributed by atoms with E-state index in [1.807, 2.05) is 30.3 Å². The Labute approximate surface area is 159 Å². The van der Waals surface area contributed by atoms with Gasteiger partial charge < -0.3 is 5.11 Å². The zero-order chi connectivity index (χ0) is 19.2. The summed E-state index contributed by atoms with van der Waals surface area (Å²) < 4.78 is 0. The minimum Gasteiger partial charge on any atom is -0.481 e. The standard InChI is InChI=1S/C22H24N2O3/c1-2-16-11-13-18(14-12-16)20-15-19(17-7-4-3-5-8-17)23-24(20)21(25)9-6-10-22(26)27/h3-5,7-8,11-14,20H,2,6,9-10,15H2,1H3,(H,26,27). The van der Waals surface area contributed by atoms with Crippen LogP contribution in [0.4, 0.5) is 0 Å². The third-order valence-corrected chi connectivity index (χ3v) is 4.83. The summed E-state index contributed by atoms with van der Waals surface area (Å²) in [6.07, 6.45) is 2.11. The second kappa shape index (κ2) is 8.62. The Morgan fingerprint density at radius 2 is 1.78 bits per heavy atom. The average molecular weight is 364 g/mol. The number of carboxylic acid groups (broad SMARTS) is 1. The predicted octanol–water partition coefficient (Wildman–Crippen LogP) is 4.18. The van der Waals surface area contributed by atoms with Crippen molar-refractivity contribution in [3.8, 4) is 0 Å². The molecule has 1 N–H and O–H groups in total. The molecular weight excluding hydrogens is 340 g/mol. The summed E-state index contributed by atoms with van der Waals surface area (Å²) in [5.74, 6) is -1.02. The van der Waals surface area contributed by atoms with Gasteiger partial charge >= 0.3 is 5.97 Å². The number of hydrogen-bond donors (Lipinski definition) is 1. The van der Waals surface area contributed by atoms with Gasteiger partial charge in [0.15, 0.2) is 0 Å². The molecule has 2 aromatic rings. The lowest BCUT2D eigenvalue weighted by Gasteiger charge is -2.22. The molecule has 2 aromatic carbocycles. The smallest absolute Gasteiger partial charge is 0.303 e. The van der Waals surface area contributed by atoms with E-state index < -0.39 is 5.97 Å². The molecule has 0 aliphatic carbocycles. The number of rotatable bonds is 7. The highest BCUT2D eigenvalue weighted by molar-refractivity contribution is 6.03. The van der Waals surface area contributed by atoms with Crippen LogP contribution in [0.15, 0.2) is 59.7 Å². The molecule has 0 fully saturated rings. The molecule has 1 aliphatic rings. The van der Waals surface area contributed by atoms with Crippen molar-refractivity contribution in [2.24, 2.45) is 5.10 Å². The van der Waals surface area contributed by atoms with Gasteiger partial charge in [-0.05, 0) is 29.5 Å². The summed E-state index contributed by atoms with van der Waals surface area (Å²) in [7, 11) is 0. The van der Waals surface area contributed by atoms with Crippen molar-refractivity contribution in [3.63, 3.8) is 0 Å². The molecule has 0 aromatic heterocycles. The number of carbonyl (C=O) groups excluding carboxylic acids is 1. The first-order valence-electron chi connectivity index (χ1n) is 9.34. The Hall–Kier alpha value is -2.95. The van der Waals surface area contributed by atoms with E-state index in [2.05, 4.69) is 36.3 Å². The van der Waals surface area contributed by atoms with Gasteiger partial charge in [0.1, 0.15) is 0 Å². The van der Waals surface area contributed by atoms with Crippen LogP contribution < -0.4 is 0 Å². The van der Waals surface area contributed by atoms with Gasteiger partial charge in [-0.15, -0.1) is 0 Å². The Morgan fingerprint density at radius 3 is 2.41 bits per heavy atom. The lowest BCUT2D eigenvalue weighted by atomic mass is 9.97. The molecule has 1 amide bonds. The van der Waals surface area contributed by atoms with E-state index in [0.29, 0.717) is 12.8 Å². The molecule has 0 spiro atoms. The van der Waals surface area contributed by atoms with E-state index in [9.17, 15) is 9.59 Å². The fraction of sp³-hybridized carbons (Fsp3) is 0.318. The van der Waals surface area contributed by atoms with Crippen molar-refractivity contribution in [2.75, 3.05) is 0 Å². The van der Waals surface area contributed by atoms with E-state index in [4.69, 9.17) is 5.11 Å². The molecule has 27 heavy (non-hydrogen) atoms. The summed E-state index contributed by atoms with van der Waals surface area (Å²) in [5, 5.41) is 15.0. The van der Waals surface area contributed by atoms with E-state index in [1.165, 1.54) is 5.56 Å². The molecule has 1 unspecified atom stereocenters. The molecule has 5 heteroatoms. The molecular formula is C22H24N2O3. The van der Waals surface area contributed by atoms with Gasteiger partial charge in [-0.25, -0.2) is 5.01 Å². The first-order chi connectivity index (χ1) is 13.1. The number of benzene rings is 2. The molecule has 0 saturated carbocycles. The van der Waals surface area contributed by atoms with Crippen LogP contribution in [0.3, 0.4) is 0 Å². The van der Waals surface area contributed by atoms with Gasteiger partial charge in [0, 0.05) is 19.3 Å².